The van der Waals surface area contributed by atoms with E-state index >= 15 is 0 Å². The van der Waals surface area contributed by atoms with Gasteiger partial charge in [-0.3, -0.25) is 9.20 Å². The maximum atomic E-state index is 12.9. The number of carbonyl (C=O) groups is 1. The van der Waals surface area contributed by atoms with Gasteiger partial charge in [0.05, 0.1) is 0 Å². The van der Waals surface area contributed by atoms with E-state index in [1.54, 1.807) is 0 Å². The normalized spacial score (nSPS) is 11.1. The zero-order valence-electron chi connectivity index (χ0n) is 13.8. The van der Waals surface area contributed by atoms with Crippen LogP contribution in [0.3, 0.4) is 0 Å². The summed E-state index contributed by atoms with van der Waals surface area (Å²) in [5.41, 5.74) is 3.23. The second-order valence-electron chi connectivity index (χ2n) is 5.98. The molecule has 0 amide bonds. The molecule has 124 valence electrons. The third-order valence-corrected chi connectivity index (χ3v) is 4.64. The van der Waals surface area contributed by atoms with Gasteiger partial charge in [0.1, 0.15) is 17.0 Å². The minimum absolute atomic E-state index is 0.166. The van der Waals surface area contributed by atoms with E-state index in [4.69, 9.17) is 4.98 Å². The number of halogens is 1. The molecule has 2 heterocycles. The van der Waals surface area contributed by atoms with E-state index in [2.05, 4.69) is 22.9 Å². The second kappa shape index (κ2) is 7.75. The summed E-state index contributed by atoms with van der Waals surface area (Å²) < 4.78 is 2.90. The number of carbonyl (C=O) groups excluding carboxylic acids is 1. The summed E-state index contributed by atoms with van der Waals surface area (Å²) in [5, 5.41) is 0. The summed E-state index contributed by atoms with van der Waals surface area (Å²) in [6, 6.07) is 13.8. The van der Waals surface area contributed by atoms with Gasteiger partial charge in [-0.25, -0.2) is 4.98 Å². The van der Waals surface area contributed by atoms with Gasteiger partial charge in [0, 0.05) is 22.7 Å². The summed E-state index contributed by atoms with van der Waals surface area (Å²) in [5.74, 6) is 0.166. The van der Waals surface area contributed by atoms with E-state index in [1.807, 2.05) is 53.1 Å². The van der Waals surface area contributed by atoms with Crippen LogP contribution in [0, 0.1) is 0 Å². The lowest BCUT2D eigenvalue weighted by Crippen LogP contribution is -2.05. The third kappa shape index (κ3) is 3.59. The van der Waals surface area contributed by atoms with Crippen molar-refractivity contribution in [2.75, 3.05) is 0 Å². The predicted molar refractivity (Wildman–Crippen MR) is 101 cm³/mol. The van der Waals surface area contributed by atoms with Crippen LogP contribution in [0.15, 0.2) is 53.1 Å². The monoisotopic (exact) mass is 384 g/mol. The predicted octanol–water partition coefficient (Wildman–Crippen LogP) is 5.92. The van der Waals surface area contributed by atoms with Crippen LogP contribution in [-0.2, 0) is 0 Å². The molecule has 1 aromatic carbocycles. The first-order valence-electron chi connectivity index (χ1n) is 8.47. The van der Waals surface area contributed by atoms with Crippen molar-refractivity contribution in [1.82, 2.24) is 9.38 Å². The van der Waals surface area contributed by atoms with Gasteiger partial charge in [-0.05, 0) is 30.7 Å². The highest BCUT2D eigenvalue weighted by atomic mass is 79.9. The molecule has 3 nitrogen and oxygen atoms in total. The Bertz CT molecular complexity index is 854. The number of hydrogen-bond donors (Lipinski definition) is 0. The fourth-order valence-electron chi connectivity index (χ4n) is 2.93. The number of imidazole rings is 1. The summed E-state index contributed by atoms with van der Waals surface area (Å²) in [6.07, 6.45) is 6.88. The van der Waals surface area contributed by atoms with Crippen molar-refractivity contribution in [1.29, 1.82) is 0 Å². The number of fused-ring (bicyclic) bond motifs is 1. The Kier molecular flexibility index (Phi) is 5.46. The number of rotatable bonds is 7. The molecule has 0 aliphatic carbocycles. The van der Waals surface area contributed by atoms with Crippen LogP contribution in [0.1, 0.15) is 49.5 Å². The Morgan fingerprint density at radius 1 is 1.12 bits per heavy atom. The van der Waals surface area contributed by atoms with Crippen molar-refractivity contribution in [2.45, 2.75) is 39.0 Å². The molecule has 0 spiro atoms. The first kappa shape index (κ1) is 16.9. The standard InChI is InChI=1S/C20H21BrN2O/c1-2-3-4-5-11-17(24)20-19(15-9-8-10-16(21)14-15)22-18-12-6-7-13-23(18)20/h6-10,12-14H,2-5,11H2,1H3. The molecule has 0 saturated carbocycles. The van der Waals surface area contributed by atoms with Gasteiger partial charge in [0.25, 0.3) is 0 Å². The highest BCUT2D eigenvalue weighted by molar-refractivity contribution is 9.10. The van der Waals surface area contributed by atoms with Gasteiger partial charge >= 0.3 is 0 Å². The summed E-state index contributed by atoms with van der Waals surface area (Å²) in [4.78, 5) is 17.6. The van der Waals surface area contributed by atoms with Crippen molar-refractivity contribution >= 4 is 27.4 Å². The summed E-state index contributed by atoms with van der Waals surface area (Å²) in [6.45, 7) is 2.18. The Morgan fingerprint density at radius 3 is 2.79 bits per heavy atom. The van der Waals surface area contributed by atoms with Crippen molar-refractivity contribution in [2.24, 2.45) is 0 Å². The van der Waals surface area contributed by atoms with Crippen molar-refractivity contribution in [3.8, 4) is 11.3 Å². The number of Topliss-reactive ketones (excluding diaryl/α,β-unsaturated/α-hetero) is 1. The molecular formula is C20H21BrN2O. The van der Waals surface area contributed by atoms with Crippen LogP contribution >= 0.6 is 15.9 Å². The fourth-order valence-corrected chi connectivity index (χ4v) is 3.33. The molecule has 2 aromatic heterocycles. The number of ketones is 1. The van der Waals surface area contributed by atoms with Crippen LogP contribution in [-0.4, -0.2) is 15.2 Å². The number of hydrogen-bond acceptors (Lipinski definition) is 2. The zero-order chi connectivity index (χ0) is 16.9. The quantitative estimate of drug-likeness (QED) is 0.374. The highest BCUT2D eigenvalue weighted by Crippen LogP contribution is 2.28. The molecule has 4 heteroatoms. The lowest BCUT2D eigenvalue weighted by atomic mass is 10.0. The number of unbranched alkanes of at least 4 members (excludes halogenated alkanes) is 3. The molecule has 3 aromatic rings. The Morgan fingerprint density at radius 2 is 2.00 bits per heavy atom. The van der Waals surface area contributed by atoms with Gasteiger partial charge in [-0.2, -0.15) is 0 Å². The summed E-state index contributed by atoms with van der Waals surface area (Å²) >= 11 is 3.50. The van der Waals surface area contributed by atoms with Crippen LogP contribution < -0.4 is 0 Å². The van der Waals surface area contributed by atoms with E-state index in [1.165, 1.54) is 12.8 Å². The average Bonchev–Trinajstić information content (AvgIpc) is 2.98. The van der Waals surface area contributed by atoms with E-state index in [0.717, 1.165) is 34.2 Å². The van der Waals surface area contributed by atoms with E-state index < -0.39 is 0 Å². The molecular weight excluding hydrogens is 364 g/mol. The molecule has 24 heavy (non-hydrogen) atoms. The number of pyridine rings is 1. The number of aromatic nitrogens is 2. The van der Waals surface area contributed by atoms with Gasteiger partial charge in [0.2, 0.25) is 0 Å². The van der Waals surface area contributed by atoms with Gasteiger partial charge < -0.3 is 0 Å². The topological polar surface area (TPSA) is 34.4 Å². The van der Waals surface area contributed by atoms with E-state index in [9.17, 15) is 4.79 Å². The molecule has 0 unspecified atom stereocenters. The SMILES string of the molecule is CCCCCCC(=O)c1c(-c2cccc(Br)c2)nc2ccccn12. The molecule has 0 fully saturated rings. The average molecular weight is 385 g/mol. The molecule has 0 N–H and O–H groups in total. The van der Waals surface area contributed by atoms with Gasteiger partial charge in [-0.1, -0.05) is 60.3 Å². The van der Waals surface area contributed by atoms with Crippen molar-refractivity contribution in [3.63, 3.8) is 0 Å². The van der Waals surface area contributed by atoms with Gasteiger partial charge in [0.15, 0.2) is 5.78 Å². The van der Waals surface area contributed by atoms with E-state index in [-0.39, 0.29) is 5.78 Å². The molecule has 3 rings (SSSR count). The molecule has 0 atom stereocenters. The maximum absolute atomic E-state index is 12.9. The molecule has 0 aliphatic rings. The maximum Gasteiger partial charge on any atom is 0.181 e. The van der Waals surface area contributed by atoms with Crippen LogP contribution in [0.5, 0.6) is 0 Å². The number of nitrogens with zero attached hydrogens (tertiary/aromatic N) is 2. The van der Waals surface area contributed by atoms with Crippen molar-refractivity contribution < 1.29 is 4.79 Å². The van der Waals surface area contributed by atoms with Crippen LogP contribution in [0.2, 0.25) is 0 Å². The van der Waals surface area contributed by atoms with Crippen molar-refractivity contribution in [3.05, 3.63) is 58.8 Å². The Labute approximate surface area is 150 Å². The second-order valence-corrected chi connectivity index (χ2v) is 6.90. The largest absolute Gasteiger partial charge is 0.297 e. The number of benzene rings is 1. The third-order valence-electron chi connectivity index (χ3n) is 4.15. The fraction of sp³-hybridized carbons (Fsp3) is 0.300. The van der Waals surface area contributed by atoms with E-state index in [0.29, 0.717) is 12.1 Å². The first-order chi connectivity index (χ1) is 11.7. The molecule has 0 saturated heterocycles. The molecule has 0 aliphatic heterocycles. The lowest BCUT2D eigenvalue weighted by molar-refractivity contribution is 0.0974. The first-order valence-corrected chi connectivity index (χ1v) is 9.26. The minimum atomic E-state index is 0.166. The lowest BCUT2D eigenvalue weighted by Gasteiger charge is -2.05. The Balaban J connectivity index is 2.01. The molecule has 0 bridgehead atoms. The van der Waals surface area contributed by atoms with Crippen LogP contribution in [0.4, 0.5) is 0 Å². The summed E-state index contributed by atoms with van der Waals surface area (Å²) in [7, 11) is 0. The highest BCUT2D eigenvalue weighted by Gasteiger charge is 2.20. The molecule has 0 radical (unpaired) electrons. The minimum Gasteiger partial charge on any atom is -0.297 e. The smallest absolute Gasteiger partial charge is 0.181 e. The van der Waals surface area contributed by atoms with Crippen LogP contribution in [0.25, 0.3) is 16.9 Å². The van der Waals surface area contributed by atoms with Gasteiger partial charge in [-0.15, -0.1) is 0 Å². The zero-order valence-corrected chi connectivity index (χ0v) is 15.4. The Hall–Kier alpha value is -1.94.